The lowest BCUT2D eigenvalue weighted by Crippen LogP contribution is -2.20. The minimum Gasteiger partial charge on any atom is -0.495 e. The lowest BCUT2D eigenvalue weighted by atomic mass is 10.1. The molecule has 0 aliphatic carbocycles. The zero-order valence-electron chi connectivity index (χ0n) is 16.4. The Bertz CT molecular complexity index is 1130. The van der Waals surface area contributed by atoms with Crippen molar-refractivity contribution in [2.45, 2.75) is 18.7 Å². The van der Waals surface area contributed by atoms with Gasteiger partial charge in [-0.25, -0.2) is 21.6 Å². The fourth-order valence-electron chi connectivity index (χ4n) is 2.44. The van der Waals surface area contributed by atoms with Gasteiger partial charge in [0.2, 0.25) is 20.0 Å². The molecule has 0 aliphatic heterocycles. The topological polar surface area (TPSA) is 131 Å². The molecule has 0 fully saturated rings. The highest BCUT2D eigenvalue weighted by molar-refractivity contribution is 7.92. The van der Waals surface area contributed by atoms with Crippen molar-refractivity contribution in [1.29, 1.82) is 0 Å². The molecule has 0 bridgehead atoms. The molecule has 0 heterocycles. The third kappa shape index (κ3) is 5.46. The van der Waals surface area contributed by atoms with Gasteiger partial charge in [-0.1, -0.05) is 0 Å². The van der Waals surface area contributed by atoms with Gasteiger partial charge in [0, 0.05) is 11.3 Å². The number of carbonyl (C=O) groups excluding carboxylic acids is 1. The summed E-state index contributed by atoms with van der Waals surface area (Å²) in [5.41, 5.74) is 1.58. The number of anilines is 2. The van der Waals surface area contributed by atoms with Crippen LogP contribution < -0.4 is 19.5 Å². The number of methoxy groups -OCH3 is 1. The molecule has 158 valence electrons. The summed E-state index contributed by atoms with van der Waals surface area (Å²) in [5.74, 6) is -0.471. The lowest BCUT2D eigenvalue weighted by Gasteiger charge is -2.13. The summed E-state index contributed by atoms with van der Waals surface area (Å²) in [6.45, 7) is 3.23. The second kappa shape index (κ2) is 8.80. The molecular weight excluding hydrogens is 418 g/mol. The zero-order valence-corrected chi connectivity index (χ0v) is 18.1. The average Bonchev–Trinajstić information content (AvgIpc) is 2.69. The molecule has 0 spiro atoms. The van der Waals surface area contributed by atoms with Crippen molar-refractivity contribution in [1.82, 2.24) is 4.72 Å². The van der Waals surface area contributed by atoms with E-state index in [4.69, 9.17) is 4.74 Å². The number of rotatable bonds is 8. The van der Waals surface area contributed by atoms with E-state index in [2.05, 4.69) is 14.8 Å². The molecule has 2 aromatic carbocycles. The van der Waals surface area contributed by atoms with Gasteiger partial charge in [0.05, 0.1) is 18.6 Å². The van der Waals surface area contributed by atoms with Gasteiger partial charge in [-0.2, -0.15) is 0 Å². The lowest BCUT2D eigenvalue weighted by molar-refractivity contribution is 0.102. The quantitative estimate of drug-likeness (QED) is 0.574. The zero-order chi connectivity index (χ0) is 21.8. The van der Waals surface area contributed by atoms with E-state index in [1.165, 1.54) is 39.3 Å². The summed E-state index contributed by atoms with van der Waals surface area (Å²) in [5, 5.41) is 2.67. The van der Waals surface area contributed by atoms with Gasteiger partial charge < -0.3 is 10.1 Å². The molecule has 1 amide bonds. The first-order valence-electron chi connectivity index (χ1n) is 8.57. The molecule has 0 aliphatic rings. The second-order valence-electron chi connectivity index (χ2n) is 6.06. The molecule has 0 aromatic heterocycles. The number of hydrogen-bond donors (Lipinski definition) is 3. The molecule has 0 saturated heterocycles. The third-order valence-electron chi connectivity index (χ3n) is 4.11. The van der Waals surface area contributed by atoms with Crippen LogP contribution >= 0.6 is 0 Å². The Hall–Kier alpha value is -2.63. The molecule has 0 saturated carbocycles. The number of aryl methyl sites for hydroxylation is 1. The van der Waals surface area contributed by atoms with E-state index in [0.29, 0.717) is 16.9 Å². The van der Waals surface area contributed by atoms with E-state index in [1.54, 1.807) is 25.1 Å². The monoisotopic (exact) mass is 441 g/mol. The number of nitrogens with one attached hydrogen (secondary N) is 3. The van der Waals surface area contributed by atoms with Crippen LogP contribution in [-0.4, -0.2) is 42.7 Å². The maximum atomic E-state index is 12.6. The molecular formula is C18H23N3O6S2. The molecule has 2 aromatic rings. The van der Waals surface area contributed by atoms with E-state index < -0.39 is 26.0 Å². The summed E-state index contributed by atoms with van der Waals surface area (Å²) in [4.78, 5) is 12.4. The van der Waals surface area contributed by atoms with Crippen LogP contribution in [-0.2, 0) is 20.0 Å². The van der Waals surface area contributed by atoms with Crippen molar-refractivity contribution >= 4 is 37.3 Å². The first-order chi connectivity index (χ1) is 13.5. The standard InChI is InChI=1S/C18H23N3O6S2/c1-5-28(23,24)21-15-8-7-14(10-12(15)2)20-18(22)13-6-9-16(27-4)17(11-13)29(25,26)19-3/h6-11,19,21H,5H2,1-4H3,(H,20,22). The fraction of sp³-hybridized carbons (Fsp3) is 0.278. The number of hydrogen-bond acceptors (Lipinski definition) is 6. The molecule has 11 heteroatoms. The van der Waals surface area contributed by atoms with Crippen LogP contribution in [0, 0.1) is 6.92 Å². The largest absolute Gasteiger partial charge is 0.495 e. The Morgan fingerprint density at radius 2 is 1.76 bits per heavy atom. The van der Waals surface area contributed by atoms with Gasteiger partial charge in [0.1, 0.15) is 10.6 Å². The van der Waals surface area contributed by atoms with Crippen molar-refractivity contribution < 1.29 is 26.4 Å². The second-order valence-corrected chi connectivity index (χ2v) is 9.93. The van der Waals surface area contributed by atoms with E-state index in [1.807, 2.05) is 0 Å². The number of ether oxygens (including phenoxy) is 1. The van der Waals surface area contributed by atoms with Crippen molar-refractivity contribution in [2.75, 3.05) is 29.9 Å². The van der Waals surface area contributed by atoms with Gasteiger partial charge >= 0.3 is 0 Å². The highest BCUT2D eigenvalue weighted by Crippen LogP contribution is 2.26. The Labute approximate surface area is 170 Å². The molecule has 0 unspecified atom stereocenters. The average molecular weight is 442 g/mol. The summed E-state index contributed by atoms with van der Waals surface area (Å²) < 4.78 is 57.4. The van der Waals surface area contributed by atoms with Gasteiger partial charge in [-0.3, -0.25) is 9.52 Å². The van der Waals surface area contributed by atoms with Crippen molar-refractivity contribution in [3.05, 3.63) is 47.5 Å². The first-order valence-corrected chi connectivity index (χ1v) is 11.7. The summed E-state index contributed by atoms with van der Waals surface area (Å²) >= 11 is 0. The number of amides is 1. The highest BCUT2D eigenvalue weighted by atomic mass is 32.2. The Morgan fingerprint density at radius 1 is 1.07 bits per heavy atom. The maximum Gasteiger partial charge on any atom is 0.255 e. The number of benzene rings is 2. The van der Waals surface area contributed by atoms with Crippen LogP contribution in [0.2, 0.25) is 0 Å². The normalized spacial score (nSPS) is 11.7. The van der Waals surface area contributed by atoms with Gasteiger partial charge in [-0.05, 0) is 62.9 Å². The molecule has 0 atom stereocenters. The minimum absolute atomic E-state index is 0.0553. The van der Waals surface area contributed by atoms with E-state index >= 15 is 0 Å². The first kappa shape index (κ1) is 22.7. The predicted molar refractivity (Wildman–Crippen MR) is 111 cm³/mol. The molecule has 9 nitrogen and oxygen atoms in total. The number of carbonyl (C=O) groups is 1. The summed E-state index contributed by atoms with van der Waals surface area (Å²) in [6.07, 6.45) is 0. The Kier molecular flexibility index (Phi) is 6.88. The van der Waals surface area contributed by atoms with Crippen molar-refractivity contribution in [3.63, 3.8) is 0 Å². The molecule has 3 N–H and O–H groups in total. The predicted octanol–water partition coefficient (Wildman–Crippen LogP) is 1.93. The molecule has 0 radical (unpaired) electrons. The van der Waals surface area contributed by atoms with E-state index in [-0.39, 0.29) is 22.0 Å². The van der Waals surface area contributed by atoms with Gasteiger partial charge in [0.15, 0.2) is 0 Å². The van der Waals surface area contributed by atoms with Crippen LogP contribution in [0.5, 0.6) is 5.75 Å². The number of sulfonamides is 2. The van der Waals surface area contributed by atoms with Gasteiger partial charge in [-0.15, -0.1) is 0 Å². The van der Waals surface area contributed by atoms with Crippen LogP contribution in [0.1, 0.15) is 22.8 Å². The molecule has 29 heavy (non-hydrogen) atoms. The molecule has 2 rings (SSSR count). The smallest absolute Gasteiger partial charge is 0.255 e. The van der Waals surface area contributed by atoms with E-state index in [0.717, 1.165) is 0 Å². The summed E-state index contributed by atoms with van der Waals surface area (Å²) in [7, 11) is -4.64. The fourth-order valence-corrected chi connectivity index (χ4v) is 4.06. The van der Waals surface area contributed by atoms with E-state index in [9.17, 15) is 21.6 Å². The van der Waals surface area contributed by atoms with Crippen LogP contribution in [0.15, 0.2) is 41.3 Å². The Morgan fingerprint density at radius 3 is 2.31 bits per heavy atom. The van der Waals surface area contributed by atoms with Crippen LogP contribution in [0.3, 0.4) is 0 Å². The van der Waals surface area contributed by atoms with Crippen molar-refractivity contribution in [3.8, 4) is 5.75 Å². The minimum atomic E-state index is -3.82. The maximum absolute atomic E-state index is 12.6. The van der Waals surface area contributed by atoms with Crippen molar-refractivity contribution in [2.24, 2.45) is 0 Å². The van der Waals surface area contributed by atoms with Crippen LogP contribution in [0.4, 0.5) is 11.4 Å². The van der Waals surface area contributed by atoms with Gasteiger partial charge in [0.25, 0.3) is 5.91 Å². The summed E-state index contributed by atoms with van der Waals surface area (Å²) in [6, 6.07) is 8.76. The van der Waals surface area contributed by atoms with Crippen LogP contribution in [0.25, 0.3) is 0 Å². The highest BCUT2D eigenvalue weighted by Gasteiger charge is 2.20. The SMILES string of the molecule is CCS(=O)(=O)Nc1ccc(NC(=O)c2ccc(OC)c(S(=O)(=O)NC)c2)cc1C. The Balaban J connectivity index is 2.29. The third-order valence-corrected chi connectivity index (χ3v) is 6.84.